The molecule has 1 heterocycles. The van der Waals surface area contributed by atoms with Crippen LogP contribution in [0.25, 0.3) is 0 Å². The lowest BCUT2D eigenvalue weighted by molar-refractivity contribution is -0.135. The molecule has 2 N–H and O–H groups in total. The highest BCUT2D eigenvalue weighted by molar-refractivity contribution is 5.85. The molecule has 1 saturated heterocycles. The number of nitrogens with one attached hydrogen (secondary N) is 2. The summed E-state index contributed by atoms with van der Waals surface area (Å²) in [6.07, 6.45) is 3.81. The molecule has 0 saturated carbocycles. The highest BCUT2D eigenvalue weighted by Crippen LogP contribution is 2.17. The van der Waals surface area contributed by atoms with E-state index in [-0.39, 0.29) is 36.2 Å². The number of carbonyl (C=O) groups excluding carboxylic acids is 2. The lowest BCUT2D eigenvalue weighted by Crippen LogP contribution is -2.49. The van der Waals surface area contributed by atoms with Crippen molar-refractivity contribution in [2.24, 2.45) is 5.92 Å². The zero-order valence-corrected chi connectivity index (χ0v) is 15.4. The quantitative estimate of drug-likeness (QED) is 0.613. The maximum absolute atomic E-state index is 12.3. The zero-order valence-electron chi connectivity index (χ0n) is 14.6. The number of likely N-dealkylation sites (tertiary alicyclic amines) is 1. The third kappa shape index (κ3) is 8.53. The SMILES string of the molecule is CCCC(C)NC(=O)C1CCCN(C(=O)CNCCOC)C1.Cl. The van der Waals surface area contributed by atoms with Crippen LogP contribution in [0.4, 0.5) is 0 Å². The number of halogens is 1. The Morgan fingerprint density at radius 3 is 2.78 bits per heavy atom. The van der Waals surface area contributed by atoms with E-state index in [4.69, 9.17) is 4.74 Å². The van der Waals surface area contributed by atoms with Gasteiger partial charge in [-0.2, -0.15) is 0 Å². The molecule has 0 aromatic rings. The van der Waals surface area contributed by atoms with Crippen LogP contribution in [-0.4, -0.2) is 62.7 Å². The van der Waals surface area contributed by atoms with Crippen molar-refractivity contribution in [2.75, 3.05) is 39.9 Å². The van der Waals surface area contributed by atoms with Gasteiger partial charge in [0.25, 0.3) is 0 Å². The highest BCUT2D eigenvalue weighted by Gasteiger charge is 2.28. The van der Waals surface area contributed by atoms with Gasteiger partial charge >= 0.3 is 0 Å². The minimum absolute atomic E-state index is 0. The molecule has 0 aromatic carbocycles. The molecule has 7 heteroatoms. The van der Waals surface area contributed by atoms with Crippen LogP contribution in [0.3, 0.4) is 0 Å². The third-order valence-electron chi connectivity index (χ3n) is 4.01. The fraction of sp³-hybridized carbons (Fsp3) is 0.875. The van der Waals surface area contributed by atoms with Crippen LogP contribution in [0.2, 0.25) is 0 Å². The monoisotopic (exact) mass is 349 g/mol. The van der Waals surface area contributed by atoms with Gasteiger partial charge in [-0.05, 0) is 26.2 Å². The predicted molar refractivity (Wildman–Crippen MR) is 93.8 cm³/mol. The molecule has 0 spiro atoms. The molecular formula is C16H32ClN3O3. The van der Waals surface area contributed by atoms with E-state index < -0.39 is 0 Å². The number of nitrogens with zero attached hydrogens (tertiary/aromatic N) is 1. The smallest absolute Gasteiger partial charge is 0.236 e. The number of ether oxygens (including phenoxy) is 1. The highest BCUT2D eigenvalue weighted by atomic mass is 35.5. The molecule has 1 aliphatic rings. The van der Waals surface area contributed by atoms with Crippen molar-refractivity contribution >= 4 is 24.2 Å². The molecule has 0 aromatic heterocycles. The van der Waals surface area contributed by atoms with E-state index in [2.05, 4.69) is 17.6 Å². The van der Waals surface area contributed by atoms with Crippen LogP contribution in [0.5, 0.6) is 0 Å². The summed E-state index contributed by atoms with van der Waals surface area (Å²) in [7, 11) is 1.64. The van der Waals surface area contributed by atoms with Crippen molar-refractivity contribution in [3.8, 4) is 0 Å². The third-order valence-corrected chi connectivity index (χ3v) is 4.01. The Hall–Kier alpha value is -0.850. The van der Waals surface area contributed by atoms with Gasteiger partial charge in [0.05, 0.1) is 19.1 Å². The lowest BCUT2D eigenvalue weighted by atomic mass is 9.96. The van der Waals surface area contributed by atoms with E-state index in [1.54, 1.807) is 12.0 Å². The van der Waals surface area contributed by atoms with Gasteiger partial charge in [-0.15, -0.1) is 12.4 Å². The van der Waals surface area contributed by atoms with Gasteiger partial charge in [0.1, 0.15) is 0 Å². The average molecular weight is 350 g/mol. The average Bonchev–Trinajstić information content (AvgIpc) is 2.51. The molecular weight excluding hydrogens is 318 g/mol. The number of amides is 2. The molecule has 6 nitrogen and oxygen atoms in total. The fourth-order valence-corrected chi connectivity index (χ4v) is 2.76. The summed E-state index contributed by atoms with van der Waals surface area (Å²) in [5, 5.41) is 6.12. The van der Waals surface area contributed by atoms with Crippen molar-refractivity contribution in [1.29, 1.82) is 0 Å². The Labute approximate surface area is 146 Å². The normalized spacial score (nSPS) is 18.9. The second-order valence-electron chi connectivity index (χ2n) is 6.05. The number of carbonyl (C=O) groups is 2. The topological polar surface area (TPSA) is 70.7 Å². The first-order valence-corrected chi connectivity index (χ1v) is 8.36. The van der Waals surface area contributed by atoms with Crippen molar-refractivity contribution in [3.63, 3.8) is 0 Å². The second kappa shape index (κ2) is 12.6. The summed E-state index contributed by atoms with van der Waals surface area (Å²) in [6, 6.07) is 0.208. The molecule has 2 amide bonds. The fourth-order valence-electron chi connectivity index (χ4n) is 2.76. The number of hydrogen-bond acceptors (Lipinski definition) is 4. The Morgan fingerprint density at radius 1 is 1.39 bits per heavy atom. The number of rotatable bonds is 9. The van der Waals surface area contributed by atoms with Gasteiger partial charge in [0.2, 0.25) is 11.8 Å². The molecule has 2 unspecified atom stereocenters. The van der Waals surface area contributed by atoms with E-state index in [1.807, 2.05) is 6.92 Å². The summed E-state index contributed by atoms with van der Waals surface area (Å²) >= 11 is 0. The number of hydrogen-bond donors (Lipinski definition) is 2. The van der Waals surface area contributed by atoms with Crippen LogP contribution >= 0.6 is 12.4 Å². The summed E-state index contributed by atoms with van der Waals surface area (Å²) in [5.74, 6) is 0.0805. The summed E-state index contributed by atoms with van der Waals surface area (Å²) in [6.45, 7) is 6.99. The first-order chi connectivity index (χ1) is 10.6. The lowest BCUT2D eigenvalue weighted by Gasteiger charge is -2.32. The van der Waals surface area contributed by atoms with Gasteiger partial charge in [0, 0.05) is 32.8 Å². The van der Waals surface area contributed by atoms with E-state index in [0.717, 1.165) is 32.2 Å². The van der Waals surface area contributed by atoms with Crippen molar-refractivity contribution < 1.29 is 14.3 Å². The first kappa shape index (κ1) is 22.1. The van der Waals surface area contributed by atoms with Crippen molar-refractivity contribution in [3.05, 3.63) is 0 Å². The molecule has 0 aliphatic carbocycles. The van der Waals surface area contributed by atoms with Gasteiger partial charge in [-0.3, -0.25) is 9.59 Å². The first-order valence-electron chi connectivity index (χ1n) is 8.36. The van der Waals surface area contributed by atoms with E-state index in [1.165, 1.54) is 0 Å². The minimum atomic E-state index is -0.0732. The molecule has 1 rings (SSSR count). The molecule has 0 radical (unpaired) electrons. The molecule has 136 valence electrons. The van der Waals surface area contributed by atoms with Gasteiger partial charge in [-0.25, -0.2) is 0 Å². The Bertz CT molecular complexity index is 355. The van der Waals surface area contributed by atoms with E-state index in [0.29, 0.717) is 26.2 Å². The molecule has 1 aliphatic heterocycles. The van der Waals surface area contributed by atoms with Crippen LogP contribution in [0, 0.1) is 5.92 Å². The van der Waals surface area contributed by atoms with Crippen molar-refractivity contribution in [2.45, 2.75) is 45.6 Å². The van der Waals surface area contributed by atoms with Crippen LogP contribution in [0.15, 0.2) is 0 Å². The van der Waals surface area contributed by atoms with Gasteiger partial charge in [-0.1, -0.05) is 13.3 Å². The van der Waals surface area contributed by atoms with E-state index >= 15 is 0 Å². The standard InChI is InChI=1S/C16H31N3O3.ClH/c1-4-6-13(2)18-16(21)14-7-5-9-19(12-14)15(20)11-17-8-10-22-3;/h13-14,17H,4-12H2,1-3H3,(H,18,21);1H. The molecule has 0 bridgehead atoms. The van der Waals surface area contributed by atoms with Crippen molar-refractivity contribution in [1.82, 2.24) is 15.5 Å². The summed E-state index contributed by atoms with van der Waals surface area (Å²) < 4.78 is 4.93. The Kier molecular flexibility index (Phi) is 12.1. The van der Waals surface area contributed by atoms with Crippen LogP contribution < -0.4 is 10.6 Å². The maximum Gasteiger partial charge on any atom is 0.236 e. The minimum Gasteiger partial charge on any atom is -0.383 e. The molecule has 1 fully saturated rings. The Morgan fingerprint density at radius 2 is 2.13 bits per heavy atom. The summed E-state index contributed by atoms with van der Waals surface area (Å²) in [4.78, 5) is 26.2. The van der Waals surface area contributed by atoms with E-state index in [9.17, 15) is 9.59 Å². The zero-order chi connectivity index (χ0) is 16.4. The van der Waals surface area contributed by atoms with Crippen LogP contribution in [0.1, 0.15) is 39.5 Å². The molecule has 23 heavy (non-hydrogen) atoms. The number of piperidine rings is 1. The molecule has 2 atom stereocenters. The van der Waals surface area contributed by atoms with Gasteiger partial charge < -0.3 is 20.3 Å². The number of methoxy groups -OCH3 is 1. The maximum atomic E-state index is 12.3. The summed E-state index contributed by atoms with van der Waals surface area (Å²) in [5.41, 5.74) is 0. The second-order valence-corrected chi connectivity index (χ2v) is 6.05. The predicted octanol–water partition coefficient (Wildman–Crippen LogP) is 1.19. The largest absolute Gasteiger partial charge is 0.383 e. The Balaban J connectivity index is 0.00000484. The van der Waals surface area contributed by atoms with Gasteiger partial charge in [0.15, 0.2) is 0 Å². The van der Waals surface area contributed by atoms with Crippen LogP contribution in [-0.2, 0) is 14.3 Å².